The highest BCUT2D eigenvalue weighted by atomic mass is 35.5. The van der Waals surface area contributed by atoms with Crippen LogP contribution in [0.1, 0.15) is 26.3 Å². The van der Waals surface area contributed by atoms with Gasteiger partial charge in [0.15, 0.2) is 0 Å². The van der Waals surface area contributed by atoms with Gasteiger partial charge in [0.25, 0.3) is 5.69 Å². The average molecular weight is 425 g/mol. The molecular formula is C18H21ClN4O4S. The van der Waals surface area contributed by atoms with Crippen LogP contribution in [-0.2, 0) is 10.0 Å². The maximum atomic E-state index is 12.6. The second-order valence-corrected chi connectivity index (χ2v) is 8.22. The highest BCUT2D eigenvalue weighted by Crippen LogP contribution is 2.29. The van der Waals surface area contributed by atoms with Crippen LogP contribution in [0.5, 0.6) is 0 Å². The summed E-state index contributed by atoms with van der Waals surface area (Å²) < 4.78 is 26.4. The molecule has 0 aliphatic heterocycles. The highest BCUT2D eigenvalue weighted by molar-refractivity contribution is 7.89. The van der Waals surface area contributed by atoms with Crippen LogP contribution in [0.4, 0.5) is 11.4 Å². The van der Waals surface area contributed by atoms with E-state index >= 15 is 0 Å². The molecule has 0 atom stereocenters. The molecule has 0 saturated carbocycles. The molecule has 0 amide bonds. The van der Waals surface area contributed by atoms with Gasteiger partial charge < -0.3 is 0 Å². The molecule has 0 spiro atoms. The van der Waals surface area contributed by atoms with E-state index in [-0.39, 0.29) is 29.4 Å². The lowest BCUT2D eigenvalue weighted by molar-refractivity contribution is -0.384. The zero-order valence-electron chi connectivity index (χ0n) is 15.7. The Labute approximate surface area is 169 Å². The predicted molar refractivity (Wildman–Crippen MR) is 110 cm³/mol. The van der Waals surface area contributed by atoms with Gasteiger partial charge in [-0.2, -0.15) is 9.41 Å². The quantitative estimate of drug-likeness (QED) is 0.390. The van der Waals surface area contributed by atoms with Crippen molar-refractivity contribution in [3.05, 3.63) is 63.2 Å². The van der Waals surface area contributed by atoms with E-state index in [1.807, 2.05) is 0 Å². The largest absolute Gasteiger partial charge is 0.295 e. The Kier molecular flexibility index (Phi) is 7.11. The number of sulfonamides is 1. The molecule has 8 nitrogen and oxygen atoms in total. The summed E-state index contributed by atoms with van der Waals surface area (Å²) >= 11 is 5.86. The summed E-state index contributed by atoms with van der Waals surface area (Å²) in [5, 5.41) is 16.2. The van der Waals surface area contributed by atoms with E-state index in [1.165, 1.54) is 16.4 Å². The van der Waals surface area contributed by atoms with Crippen LogP contribution in [0, 0.1) is 10.1 Å². The van der Waals surface area contributed by atoms with Crippen LogP contribution in [0.2, 0.25) is 5.02 Å². The fourth-order valence-electron chi connectivity index (χ4n) is 2.53. The Hall–Kier alpha value is -2.49. The van der Waals surface area contributed by atoms with Crippen molar-refractivity contribution in [1.29, 1.82) is 0 Å². The molecule has 0 heterocycles. The van der Waals surface area contributed by atoms with Gasteiger partial charge in [-0.1, -0.05) is 37.6 Å². The maximum absolute atomic E-state index is 12.6. The monoisotopic (exact) mass is 424 g/mol. The molecular weight excluding hydrogens is 404 g/mol. The fraction of sp³-hybridized carbons (Fsp3) is 0.278. The third-order valence-corrected chi connectivity index (χ3v) is 6.41. The number of nitrogens with zero attached hydrogens (tertiary/aromatic N) is 3. The summed E-state index contributed by atoms with van der Waals surface area (Å²) in [4.78, 5) is 10.7. The summed E-state index contributed by atoms with van der Waals surface area (Å²) in [6.45, 7) is 5.70. The van der Waals surface area contributed by atoms with Gasteiger partial charge >= 0.3 is 0 Å². The van der Waals surface area contributed by atoms with Crippen molar-refractivity contribution in [3.8, 4) is 0 Å². The summed E-state index contributed by atoms with van der Waals surface area (Å²) in [7, 11) is -3.80. The number of nitrogens with one attached hydrogen (secondary N) is 1. The molecule has 0 unspecified atom stereocenters. The molecule has 150 valence electrons. The third kappa shape index (κ3) is 4.86. The minimum absolute atomic E-state index is 0.0943. The maximum Gasteiger partial charge on any atom is 0.295 e. The molecule has 0 aliphatic rings. The summed E-state index contributed by atoms with van der Waals surface area (Å²) in [5.74, 6) is 0. The lowest BCUT2D eigenvalue weighted by Gasteiger charge is -2.18. The van der Waals surface area contributed by atoms with Crippen molar-refractivity contribution in [2.45, 2.75) is 25.7 Å². The minimum atomic E-state index is -3.80. The Bertz CT molecular complexity index is 987. The van der Waals surface area contributed by atoms with Crippen molar-refractivity contribution in [3.63, 3.8) is 0 Å². The predicted octanol–water partition coefficient (Wildman–Crippen LogP) is 4.11. The van der Waals surface area contributed by atoms with Crippen molar-refractivity contribution < 1.29 is 13.3 Å². The number of nitro benzene ring substituents is 1. The number of hydrazone groups is 1. The average Bonchev–Trinajstić information content (AvgIpc) is 2.67. The standard InChI is InChI=1S/C18H21ClN4O4S/c1-4-22(5-2)28(26,27)16-10-11-17(18(12-16)23(24)25)21-20-13(3)14-6-8-15(19)9-7-14/h6-12,21H,4-5H2,1-3H3. The van der Waals surface area contributed by atoms with Gasteiger partial charge in [0, 0.05) is 24.2 Å². The van der Waals surface area contributed by atoms with Gasteiger partial charge in [-0.05, 0) is 36.8 Å². The summed E-state index contributed by atoms with van der Waals surface area (Å²) in [6, 6.07) is 10.7. The molecule has 2 aromatic rings. The summed E-state index contributed by atoms with van der Waals surface area (Å²) in [6.07, 6.45) is 0. The van der Waals surface area contributed by atoms with E-state index in [4.69, 9.17) is 11.6 Å². The van der Waals surface area contributed by atoms with Gasteiger partial charge in [-0.15, -0.1) is 0 Å². The SMILES string of the molecule is CCN(CC)S(=O)(=O)c1ccc(NN=C(C)c2ccc(Cl)cc2)c([N+](=O)[O-])c1. The van der Waals surface area contributed by atoms with E-state index in [2.05, 4.69) is 10.5 Å². The van der Waals surface area contributed by atoms with Crippen LogP contribution in [0.3, 0.4) is 0 Å². The smallest absolute Gasteiger partial charge is 0.271 e. The Morgan fingerprint density at radius 1 is 1.18 bits per heavy atom. The number of halogens is 1. The topological polar surface area (TPSA) is 105 Å². The van der Waals surface area contributed by atoms with E-state index in [1.54, 1.807) is 45.0 Å². The third-order valence-electron chi connectivity index (χ3n) is 4.12. The van der Waals surface area contributed by atoms with Gasteiger partial charge in [0.1, 0.15) is 5.69 Å². The molecule has 0 radical (unpaired) electrons. The van der Waals surface area contributed by atoms with E-state index in [0.29, 0.717) is 10.7 Å². The Balaban J connectivity index is 2.37. The van der Waals surface area contributed by atoms with Gasteiger partial charge in [-0.3, -0.25) is 15.5 Å². The van der Waals surface area contributed by atoms with Gasteiger partial charge in [0.05, 0.1) is 15.5 Å². The Morgan fingerprint density at radius 3 is 2.32 bits per heavy atom. The van der Waals surface area contributed by atoms with Crippen molar-refractivity contribution in [1.82, 2.24) is 4.31 Å². The molecule has 0 aliphatic carbocycles. The number of rotatable bonds is 8. The second kappa shape index (κ2) is 9.13. The first-order valence-corrected chi connectivity index (χ1v) is 10.4. The number of anilines is 1. The van der Waals surface area contributed by atoms with Crippen molar-refractivity contribution >= 4 is 38.7 Å². The van der Waals surface area contributed by atoms with Crippen LogP contribution in [0.25, 0.3) is 0 Å². The molecule has 28 heavy (non-hydrogen) atoms. The van der Waals surface area contributed by atoms with Crippen LogP contribution in [0.15, 0.2) is 52.5 Å². The van der Waals surface area contributed by atoms with E-state index in [0.717, 1.165) is 11.6 Å². The first-order valence-electron chi connectivity index (χ1n) is 8.55. The molecule has 2 rings (SSSR count). The van der Waals surface area contributed by atoms with Crippen LogP contribution >= 0.6 is 11.6 Å². The zero-order chi connectivity index (χ0) is 20.9. The fourth-order valence-corrected chi connectivity index (χ4v) is 4.13. The molecule has 2 aromatic carbocycles. The molecule has 0 fully saturated rings. The van der Waals surface area contributed by atoms with Crippen molar-refractivity contribution in [2.75, 3.05) is 18.5 Å². The number of hydrogen-bond acceptors (Lipinski definition) is 6. The molecule has 0 saturated heterocycles. The molecule has 0 bridgehead atoms. The number of nitro groups is 1. The van der Waals surface area contributed by atoms with Gasteiger partial charge in [-0.25, -0.2) is 8.42 Å². The molecule has 10 heteroatoms. The zero-order valence-corrected chi connectivity index (χ0v) is 17.3. The van der Waals surface area contributed by atoms with Crippen LogP contribution < -0.4 is 5.43 Å². The van der Waals surface area contributed by atoms with E-state index in [9.17, 15) is 18.5 Å². The number of hydrogen-bond donors (Lipinski definition) is 1. The van der Waals surface area contributed by atoms with E-state index < -0.39 is 14.9 Å². The van der Waals surface area contributed by atoms with Crippen LogP contribution in [-0.4, -0.2) is 36.4 Å². The number of benzene rings is 2. The van der Waals surface area contributed by atoms with Crippen molar-refractivity contribution in [2.24, 2.45) is 5.10 Å². The molecule has 0 aromatic heterocycles. The summed E-state index contributed by atoms with van der Waals surface area (Å²) in [5.41, 5.74) is 3.75. The highest BCUT2D eigenvalue weighted by Gasteiger charge is 2.25. The minimum Gasteiger partial charge on any atom is -0.271 e. The van der Waals surface area contributed by atoms with Gasteiger partial charge in [0.2, 0.25) is 10.0 Å². The lowest BCUT2D eigenvalue weighted by Crippen LogP contribution is -2.30. The normalized spacial score (nSPS) is 12.2. The second-order valence-electron chi connectivity index (χ2n) is 5.84. The first-order chi connectivity index (χ1) is 13.2. The Morgan fingerprint density at radius 2 is 1.79 bits per heavy atom. The molecule has 1 N–H and O–H groups in total. The first kappa shape index (κ1) is 21.8. The lowest BCUT2D eigenvalue weighted by atomic mass is 10.1.